The number of anilines is 1. The van der Waals surface area contributed by atoms with Crippen molar-refractivity contribution >= 4 is 11.6 Å². The lowest BCUT2D eigenvalue weighted by atomic mass is 10.0. The Labute approximate surface area is 130 Å². The fourth-order valence-electron chi connectivity index (χ4n) is 2.54. The van der Waals surface area contributed by atoms with Crippen LogP contribution < -0.4 is 14.4 Å². The molecular weight excluding hydrogens is 286 g/mol. The molecule has 0 aromatic heterocycles. The number of fused-ring (bicyclic) bond motifs is 1. The highest BCUT2D eigenvalue weighted by Gasteiger charge is 2.37. The standard InChI is InChI=1S/C16H23NO5/c1-10(2)14-16(20)17(5-4-6-18)12-7-11(9-19)8-13(21-3)15(12)22-14/h7-8,10,14,18-19H,4-6,9H2,1-3H3. The zero-order valence-electron chi connectivity index (χ0n) is 13.2. The number of aliphatic hydroxyl groups excluding tert-OH is 2. The smallest absolute Gasteiger partial charge is 0.268 e. The quantitative estimate of drug-likeness (QED) is 0.828. The maximum atomic E-state index is 12.7. The minimum Gasteiger partial charge on any atom is -0.493 e. The molecular formula is C16H23NO5. The van der Waals surface area contributed by atoms with Crippen molar-refractivity contribution in [2.75, 3.05) is 25.2 Å². The van der Waals surface area contributed by atoms with Gasteiger partial charge in [-0.3, -0.25) is 4.79 Å². The molecule has 2 N–H and O–H groups in total. The number of carbonyl (C=O) groups excluding carboxylic acids is 1. The van der Waals surface area contributed by atoms with Gasteiger partial charge in [-0.15, -0.1) is 0 Å². The van der Waals surface area contributed by atoms with Gasteiger partial charge in [-0.25, -0.2) is 0 Å². The van der Waals surface area contributed by atoms with Crippen LogP contribution in [0.25, 0.3) is 0 Å². The first-order chi connectivity index (χ1) is 10.5. The van der Waals surface area contributed by atoms with E-state index in [1.807, 2.05) is 13.8 Å². The summed E-state index contributed by atoms with van der Waals surface area (Å²) in [5, 5.41) is 18.5. The SMILES string of the molecule is COc1cc(CO)cc2c1OC(C(C)C)C(=O)N2CCCO. The van der Waals surface area contributed by atoms with Gasteiger partial charge in [0, 0.05) is 13.2 Å². The molecule has 1 aromatic carbocycles. The number of methoxy groups -OCH3 is 1. The van der Waals surface area contributed by atoms with Gasteiger partial charge < -0.3 is 24.6 Å². The van der Waals surface area contributed by atoms with E-state index in [0.29, 0.717) is 35.7 Å². The zero-order chi connectivity index (χ0) is 16.3. The second-order valence-electron chi connectivity index (χ2n) is 5.65. The van der Waals surface area contributed by atoms with Gasteiger partial charge in [0.1, 0.15) is 0 Å². The molecule has 1 aliphatic heterocycles. The second-order valence-corrected chi connectivity index (χ2v) is 5.65. The number of hydrogen-bond donors (Lipinski definition) is 2. The molecule has 0 saturated heterocycles. The van der Waals surface area contributed by atoms with Gasteiger partial charge in [0.05, 0.1) is 19.4 Å². The van der Waals surface area contributed by atoms with Gasteiger partial charge in [-0.1, -0.05) is 13.8 Å². The van der Waals surface area contributed by atoms with Gasteiger partial charge in [-0.2, -0.15) is 0 Å². The number of rotatable bonds is 6. The minimum absolute atomic E-state index is 0.00312. The predicted octanol–water partition coefficient (Wildman–Crippen LogP) is 1.32. The lowest BCUT2D eigenvalue weighted by molar-refractivity contribution is -0.128. The van der Waals surface area contributed by atoms with E-state index in [1.54, 1.807) is 17.0 Å². The molecule has 0 spiro atoms. The Balaban J connectivity index is 2.52. The third-order valence-corrected chi connectivity index (χ3v) is 3.69. The molecule has 1 aromatic rings. The number of ether oxygens (including phenoxy) is 2. The fourth-order valence-corrected chi connectivity index (χ4v) is 2.54. The normalized spacial score (nSPS) is 17.5. The van der Waals surface area contributed by atoms with Crippen LogP contribution in [0.3, 0.4) is 0 Å². The van der Waals surface area contributed by atoms with Crippen LogP contribution in [0.1, 0.15) is 25.8 Å². The van der Waals surface area contributed by atoms with E-state index in [-0.39, 0.29) is 25.0 Å². The highest BCUT2D eigenvalue weighted by molar-refractivity contribution is 6.01. The van der Waals surface area contributed by atoms with Crippen LogP contribution in [-0.2, 0) is 11.4 Å². The number of nitrogens with zero attached hydrogens (tertiary/aromatic N) is 1. The van der Waals surface area contributed by atoms with Crippen molar-refractivity contribution in [3.63, 3.8) is 0 Å². The molecule has 6 nitrogen and oxygen atoms in total. The summed E-state index contributed by atoms with van der Waals surface area (Å²) in [5.74, 6) is 0.886. The van der Waals surface area contributed by atoms with Crippen molar-refractivity contribution in [1.82, 2.24) is 0 Å². The summed E-state index contributed by atoms with van der Waals surface area (Å²) in [5.41, 5.74) is 1.22. The van der Waals surface area contributed by atoms with E-state index in [2.05, 4.69) is 0 Å². The van der Waals surface area contributed by atoms with Gasteiger partial charge in [-0.05, 0) is 30.0 Å². The van der Waals surface area contributed by atoms with Crippen molar-refractivity contribution in [1.29, 1.82) is 0 Å². The monoisotopic (exact) mass is 309 g/mol. The largest absolute Gasteiger partial charge is 0.493 e. The Bertz CT molecular complexity index is 544. The lowest BCUT2D eigenvalue weighted by Crippen LogP contribution is -2.49. The van der Waals surface area contributed by atoms with Gasteiger partial charge in [0.2, 0.25) is 0 Å². The summed E-state index contributed by atoms with van der Waals surface area (Å²) in [7, 11) is 1.53. The molecule has 6 heteroatoms. The third-order valence-electron chi connectivity index (χ3n) is 3.69. The molecule has 0 fully saturated rings. The van der Waals surface area contributed by atoms with E-state index in [4.69, 9.17) is 14.6 Å². The Hall–Kier alpha value is -1.79. The molecule has 0 bridgehead atoms. The Kier molecular flexibility index (Phi) is 5.26. The van der Waals surface area contributed by atoms with E-state index in [1.165, 1.54) is 7.11 Å². The first-order valence-electron chi connectivity index (χ1n) is 7.44. The van der Waals surface area contributed by atoms with Crippen molar-refractivity contribution in [2.45, 2.75) is 33.0 Å². The summed E-state index contributed by atoms with van der Waals surface area (Å²) in [6.45, 7) is 4.09. The summed E-state index contributed by atoms with van der Waals surface area (Å²) in [4.78, 5) is 14.3. The fraction of sp³-hybridized carbons (Fsp3) is 0.562. The number of carbonyl (C=O) groups is 1. The maximum absolute atomic E-state index is 12.7. The first kappa shape index (κ1) is 16.6. The van der Waals surface area contributed by atoms with Gasteiger partial charge >= 0.3 is 0 Å². The predicted molar refractivity (Wildman–Crippen MR) is 82.2 cm³/mol. The molecule has 0 radical (unpaired) electrons. The van der Waals surface area contributed by atoms with Crippen molar-refractivity contribution in [3.8, 4) is 11.5 Å². The molecule has 122 valence electrons. The van der Waals surface area contributed by atoms with Crippen LogP contribution in [0.5, 0.6) is 11.5 Å². The number of amides is 1. The van der Waals surface area contributed by atoms with E-state index >= 15 is 0 Å². The average molecular weight is 309 g/mol. The van der Waals surface area contributed by atoms with Gasteiger partial charge in [0.15, 0.2) is 17.6 Å². The maximum Gasteiger partial charge on any atom is 0.268 e. The number of aliphatic hydroxyl groups is 2. The molecule has 0 saturated carbocycles. The molecule has 2 rings (SSSR count). The highest BCUT2D eigenvalue weighted by Crippen LogP contribution is 2.43. The van der Waals surface area contributed by atoms with Crippen molar-refractivity contribution in [3.05, 3.63) is 17.7 Å². The van der Waals surface area contributed by atoms with Gasteiger partial charge in [0.25, 0.3) is 5.91 Å². The van der Waals surface area contributed by atoms with Crippen LogP contribution in [-0.4, -0.2) is 42.5 Å². The second kappa shape index (κ2) is 6.98. The van der Waals surface area contributed by atoms with Crippen LogP contribution in [0, 0.1) is 5.92 Å². The Morgan fingerprint density at radius 2 is 2.09 bits per heavy atom. The Morgan fingerprint density at radius 1 is 1.36 bits per heavy atom. The molecule has 1 unspecified atom stereocenters. The third kappa shape index (κ3) is 3.03. The average Bonchev–Trinajstić information content (AvgIpc) is 2.52. The van der Waals surface area contributed by atoms with Crippen molar-refractivity contribution < 1.29 is 24.5 Å². The molecule has 22 heavy (non-hydrogen) atoms. The van der Waals surface area contributed by atoms with Crippen LogP contribution >= 0.6 is 0 Å². The lowest BCUT2D eigenvalue weighted by Gasteiger charge is -2.36. The van der Waals surface area contributed by atoms with Crippen LogP contribution in [0.15, 0.2) is 12.1 Å². The highest BCUT2D eigenvalue weighted by atomic mass is 16.5. The van der Waals surface area contributed by atoms with E-state index < -0.39 is 6.10 Å². The minimum atomic E-state index is -0.583. The summed E-state index contributed by atoms with van der Waals surface area (Å²) >= 11 is 0. The summed E-state index contributed by atoms with van der Waals surface area (Å²) in [6.07, 6.45) is -0.109. The van der Waals surface area contributed by atoms with Crippen LogP contribution in [0.2, 0.25) is 0 Å². The molecule has 1 heterocycles. The number of hydrogen-bond acceptors (Lipinski definition) is 5. The Morgan fingerprint density at radius 3 is 2.64 bits per heavy atom. The van der Waals surface area contributed by atoms with E-state index in [9.17, 15) is 9.90 Å². The molecule has 1 atom stereocenters. The first-order valence-corrected chi connectivity index (χ1v) is 7.44. The summed E-state index contributed by atoms with van der Waals surface area (Å²) in [6, 6.07) is 3.43. The molecule has 1 amide bonds. The molecule has 0 aliphatic carbocycles. The van der Waals surface area contributed by atoms with E-state index in [0.717, 1.165) is 0 Å². The summed E-state index contributed by atoms with van der Waals surface area (Å²) < 4.78 is 11.2. The number of benzene rings is 1. The van der Waals surface area contributed by atoms with Crippen LogP contribution in [0.4, 0.5) is 5.69 Å². The van der Waals surface area contributed by atoms with Crippen molar-refractivity contribution in [2.24, 2.45) is 5.92 Å². The zero-order valence-corrected chi connectivity index (χ0v) is 13.2. The molecule has 1 aliphatic rings. The topological polar surface area (TPSA) is 79.2 Å².